The maximum atomic E-state index is 10.9. The van der Waals surface area contributed by atoms with Crippen LogP contribution in [0.25, 0.3) is 0 Å². The molecule has 4 heteroatoms. The van der Waals surface area contributed by atoms with Gasteiger partial charge in [-0.05, 0) is 25.2 Å². The Labute approximate surface area is 72.1 Å². The number of nitrogens with two attached hydrogens (primary N) is 1. The first-order chi connectivity index (χ1) is 5.75. The Balaban J connectivity index is 2.00. The number of piperidine rings is 1. The highest BCUT2D eigenvalue weighted by Gasteiger charge is 2.31. The first kappa shape index (κ1) is 8.01. The van der Waals surface area contributed by atoms with E-state index < -0.39 is 0 Å². The molecule has 0 aromatic heterocycles. The number of fused-ring (bicyclic) bond motifs is 2. The largest absolute Gasteiger partial charge is 0.368 e. The van der Waals surface area contributed by atoms with E-state index >= 15 is 0 Å². The highest BCUT2D eigenvalue weighted by Crippen LogP contribution is 2.24. The molecule has 2 heterocycles. The van der Waals surface area contributed by atoms with Crippen molar-refractivity contribution in [3.63, 3.8) is 0 Å². The molecule has 3 N–H and O–H groups in total. The summed E-state index contributed by atoms with van der Waals surface area (Å²) in [5.74, 6) is 0.462. The van der Waals surface area contributed by atoms with Gasteiger partial charge in [0.1, 0.15) is 6.04 Å². The minimum atomic E-state index is -0.216. The van der Waals surface area contributed by atoms with Crippen molar-refractivity contribution in [3.8, 4) is 0 Å². The second kappa shape index (κ2) is 3.03. The molecule has 1 amide bonds. The number of nitrogens with zero attached hydrogens (tertiary/aromatic N) is 1. The predicted octanol–water partition coefficient (Wildman–Crippen LogP) is -0.539. The van der Waals surface area contributed by atoms with Crippen LogP contribution in [0.4, 0.5) is 0 Å². The molecule has 2 aliphatic rings. The summed E-state index contributed by atoms with van der Waals surface area (Å²) in [6.45, 7) is 2.14. The molecule has 2 fully saturated rings. The van der Waals surface area contributed by atoms with Gasteiger partial charge in [0.2, 0.25) is 5.91 Å². The average molecular weight is 169 g/mol. The number of nitrogens with one attached hydrogen (secondary N) is 1. The lowest BCUT2D eigenvalue weighted by Gasteiger charge is -2.41. The second-order valence-electron chi connectivity index (χ2n) is 3.77. The molecular formula is C8H15N3O. The number of primary amides is 1. The molecule has 2 saturated heterocycles. The molecule has 4 nitrogen and oxygen atoms in total. The van der Waals surface area contributed by atoms with Crippen LogP contribution < -0.4 is 11.2 Å². The van der Waals surface area contributed by atoms with Gasteiger partial charge >= 0.3 is 0 Å². The lowest BCUT2D eigenvalue weighted by atomic mass is 9.90. The van der Waals surface area contributed by atoms with Gasteiger partial charge in [0.15, 0.2) is 0 Å². The third-order valence-corrected chi connectivity index (χ3v) is 2.77. The van der Waals surface area contributed by atoms with Crippen molar-refractivity contribution in [1.82, 2.24) is 10.4 Å². The third kappa shape index (κ3) is 1.44. The van der Waals surface area contributed by atoms with Crippen molar-refractivity contribution in [3.05, 3.63) is 0 Å². The van der Waals surface area contributed by atoms with Crippen LogP contribution in [0.1, 0.15) is 19.3 Å². The number of carbonyl (C=O) groups is 1. The molecule has 0 spiro atoms. The number of hydrogen-bond donors (Lipinski definition) is 2. The van der Waals surface area contributed by atoms with Gasteiger partial charge in [-0.3, -0.25) is 4.79 Å². The first-order valence-corrected chi connectivity index (χ1v) is 4.56. The Morgan fingerprint density at radius 2 is 2.42 bits per heavy atom. The zero-order valence-corrected chi connectivity index (χ0v) is 7.12. The summed E-state index contributed by atoms with van der Waals surface area (Å²) in [6.07, 6.45) is 3.41. The Kier molecular flexibility index (Phi) is 2.02. The van der Waals surface area contributed by atoms with E-state index in [1.54, 1.807) is 0 Å². The molecule has 0 saturated carbocycles. The van der Waals surface area contributed by atoms with Gasteiger partial charge in [0, 0.05) is 13.1 Å². The molecule has 2 aliphatic heterocycles. The summed E-state index contributed by atoms with van der Waals surface area (Å²) < 4.78 is 0. The number of hydrogen-bond acceptors (Lipinski definition) is 3. The molecule has 12 heavy (non-hydrogen) atoms. The minimum Gasteiger partial charge on any atom is -0.368 e. The van der Waals surface area contributed by atoms with E-state index in [9.17, 15) is 4.79 Å². The minimum absolute atomic E-state index is 0.121. The Hall–Kier alpha value is -0.610. The van der Waals surface area contributed by atoms with Crippen LogP contribution in [0, 0.1) is 5.92 Å². The Bertz CT molecular complexity index is 183. The van der Waals surface area contributed by atoms with Crippen LogP contribution in [0.5, 0.6) is 0 Å². The monoisotopic (exact) mass is 169 g/mol. The molecule has 0 aromatic rings. The van der Waals surface area contributed by atoms with E-state index in [4.69, 9.17) is 5.73 Å². The summed E-state index contributed by atoms with van der Waals surface area (Å²) in [5.41, 5.74) is 8.39. The van der Waals surface area contributed by atoms with Crippen molar-refractivity contribution in [2.24, 2.45) is 11.7 Å². The van der Waals surface area contributed by atoms with Crippen LogP contribution in [0.3, 0.4) is 0 Å². The van der Waals surface area contributed by atoms with Crippen molar-refractivity contribution < 1.29 is 4.79 Å². The lowest BCUT2D eigenvalue weighted by molar-refractivity contribution is -0.124. The highest BCUT2D eigenvalue weighted by atomic mass is 16.1. The number of hydrazine groups is 1. The fourth-order valence-electron chi connectivity index (χ4n) is 2.16. The fraction of sp³-hybridized carbons (Fsp3) is 0.875. The first-order valence-electron chi connectivity index (χ1n) is 4.56. The number of rotatable bonds is 1. The maximum Gasteiger partial charge on any atom is 0.235 e. The standard InChI is InChI=1S/C8H15N3O/c9-8(12)7-4-6-2-1-3-11(5-6)10-7/h6-7,10H,1-5H2,(H2,9,12). The molecule has 3 atom stereocenters. The third-order valence-electron chi connectivity index (χ3n) is 2.77. The molecule has 3 unspecified atom stereocenters. The quantitative estimate of drug-likeness (QED) is 0.554. The van der Waals surface area contributed by atoms with Crippen LogP contribution in [-0.2, 0) is 4.79 Å². The van der Waals surface area contributed by atoms with E-state index in [0.29, 0.717) is 5.92 Å². The molecule has 0 aliphatic carbocycles. The topological polar surface area (TPSA) is 58.4 Å². The lowest BCUT2D eigenvalue weighted by Crippen LogP contribution is -2.59. The molecule has 0 radical (unpaired) electrons. The van der Waals surface area contributed by atoms with Gasteiger partial charge in [-0.2, -0.15) is 0 Å². The second-order valence-corrected chi connectivity index (χ2v) is 3.77. The van der Waals surface area contributed by atoms with Crippen LogP contribution in [0.15, 0.2) is 0 Å². The normalized spacial score (nSPS) is 40.8. The van der Waals surface area contributed by atoms with Crippen LogP contribution >= 0.6 is 0 Å². The van der Waals surface area contributed by atoms with Crippen molar-refractivity contribution in [2.45, 2.75) is 25.3 Å². The van der Waals surface area contributed by atoms with Crippen molar-refractivity contribution in [1.29, 1.82) is 0 Å². The van der Waals surface area contributed by atoms with E-state index in [0.717, 1.165) is 19.5 Å². The average Bonchev–Trinajstić information content (AvgIpc) is 2.03. The molecular weight excluding hydrogens is 154 g/mol. The summed E-state index contributed by atoms with van der Waals surface area (Å²) in [5, 5.41) is 2.13. The predicted molar refractivity (Wildman–Crippen MR) is 45.0 cm³/mol. The molecule has 2 bridgehead atoms. The smallest absolute Gasteiger partial charge is 0.235 e. The van der Waals surface area contributed by atoms with Crippen LogP contribution in [-0.4, -0.2) is 30.0 Å². The zero-order chi connectivity index (χ0) is 8.55. The molecule has 0 aromatic carbocycles. The van der Waals surface area contributed by atoms with E-state index in [1.807, 2.05) is 0 Å². The van der Waals surface area contributed by atoms with E-state index in [-0.39, 0.29) is 11.9 Å². The van der Waals surface area contributed by atoms with Gasteiger partial charge in [0.25, 0.3) is 0 Å². The van der Waals surface area contributed by atoms with Gasteiger partial charge < -0.3 is 5.73 Å². The van der Waals surface area contributed by atoms with Gasteiger partial charge in [0.05, 0.1) is 0 Å². The maximum absolute atomic E-state index is 10.9. The van der Waals surface area contributed by atoms with Gasteiger partial charge in [-0.1, -0.05) is 0 Å². The number of amides is 1. The van der Waals surface area contributed by atoms with Crippen LogP contribution in [0.2, 0.25) is 0 Å². The van der Waals surface area contributed by atoms with E-state index in [2.05, 4.69) is 10.4 Å². The van der Waals surface area contributed by atoms with Gasteiger partial charge in [-0.25, -0.2) is 10.4 Å². The van der Waals surface area contributed by atoms with Crippen molar-refractivity contribution >= 4 is 5.91 Å². The zero-order valence-electron chi connectivity index (χ0n) is 7.12. The van der Waals surface area contributed by atoms with E-state index in [1.165, 1.54) is 12.8 Å². The molecule has 68 valence electrons. The summed E-state index contributed by atoms with van der Waals surface area (Å²) in [6, 6.07) is -0.121. The summed E-state index contributed by atoms with van der Waals surface area (Å²) in [7, 11) is 0. The fourth-order valence-corrected chi connectivity index (χ4v) is 2.16. The number of carbonyl (C=O) groups excluding carboxylic acids is 1. The highest BCUT2D eigenvalue weighted by molar-refractivity contribution is 5.79. The van der Waals surface area contributed by atoms with Crippen molar-refractivity contribution in [2.75, 3.05) is 13.1 Å². The molecule has 2 rings (SSSR count). The Morgan fingerprint density at radius 3 is 3.08 bits per heavy atom. The summed E-state index contributed by atoms with van der Waals surface area (Å²) >= 11 is 0. The Morgan fingerprint density at radius 1 is 1.58 bits per heavy atom. The summed E-state index contributed by atoms with van der Waals surface area (Å²) in [4.78, 5) is 10.9. The SMILES string of the molecule is NC(=O)C1CC2CCCN(C2)N1. The van der Waals surface area contributed by atoms with Gasteiger partial charge in [-0.15, -0.1) is 0 Å².